The minimum Gasteiger partial charge on any atom is -0.481 e. The van der Waals surface area contributed by atoms with Gasteiger partial charge in [0, 0.05) is 13.0 Å². The maximum atomic E-state index is 13.6. The number of carboxylic acid groups (broad SMARTS) is 2. The van der Waals surface area contributed by atoms with Crippen LogP contribution in [-0.2, 0) is 28.6 Å². The van der Waals surface area contributed by atoms with Gasteiger partial charge in [-0.25, -0.2) is 4.79 Å². The lowest BCUT2D eigenvalue weighted by Gasteiger charge is -2.25. The van der Waals surface area contributed by atoms with Gasteiger partial charge in [0.15, 0.2) is 0 Å². The van der Waals surface area contributed by atoms with Crippen LogP contribution in [0.2, 0.25) is 0 Å². The summed E-state index contributed by atoms with van der Waals surface area (Å²) in [7, 11) is 0. The second-order valence-electron chi connectivity index (χ2n) is 19.3. The fraction of sp³-hybridized carbons (Fsp3) is 0.927. The standard InChI is InChI=1S/C55H105NO9/c1-6-11-14-17-20-23-26-29-32-35-39-48(53(58)59)46-51(47-49(54(60)61)40-36-33-30-27-24-21-18-15-12-7-2)64-52(57)43-42-50(41-37-34-31-28-25-22-19-16-13-8-3)65-55(62)63-45-38-44-56(9-4)10-5/h48-51H,6-47H2,1-5H3,(H,58,59)(H,60,61). The van der Waals surface area contributed by atoms with E-state index in [1.165, 1.54) is 122 Å². The second-order valence-corrected chi connectivity index (χ2v) is 19.3. The van der Waals surface area contributed by atoms with E-state index >= 15 is 0 Å². The Morgan fingerprint density at radius 1 is 0.415 bits per heavy atom. The first kappa shape index (κ1) is 62.6. The van der Waals surface area contributed by atoms with E-state index in [0.717, 1.165) is 90.3 Å². The maximum absolute atomic E-state index is 13.6. The molecule has 0 bridgehead atoms. The minimum absolute atomic E-state index is 0.0134. The monoisotopic (exact) mass is 924 g/mol. The first-order chi connectivity index (χ1) is 31.6. The zero-order chi connectivity index (χ0) is 48.0. The topological polar surface area (TPSA) is 140 Å². The molecule has 0 heterocycles. The quantitative estimate of drug-likeness (QED) is 0.0448. The molecule has 3 unspecified atom stereocenters. The van der Waals surface area contributed by atoms with E-state index in [1.54, 1.807) is 0 Å². The maximum Gasteiger partial charge on any atom is 0.508 e. The fourth-order valence-corrected chi connectivity index (χ4v) is 9.07. The van der Waals surface area contributed by atoms with E-state index in [0.29, 0.717) is 25.7 Å². The number of ether oxygens (including phenoxy) is 3. The molecule has 0 aliphatic heterocycles. The molecule has 0 aliphatic carbocycles. The molecular formula is C55H105NO9. The zero-order valence-electron chi connectivity index (χ0n) is 43.2. The van der Waals surface area contributed by atoms with Crippen molar-refractivity contribution < 1.29 is 43.6 Å². The van der Waals surface area contributed by atoms with Crippen molar-refractivity contribution in [1.29, 1.82) is 0 Å². The SMILES string of the molecule is CCCCCCCCCCCCC(CCC(=O)OC(CC(CCCCCCCCCCCC)C(=O)O)CC(CCCCCCCCCCCC)C(=O)O)OC(=O)OCCCN(CC)CC. The Labute approximate surface area is 400 Å². The molecule has 0 amide bonds. The van der Waals surface area contributed by atoms with E-state index < -0.39 is 48.1 Å². The van der Waals surface area contributed by atoms with Crippen LogP contribution in [-0.4, -0.2) is 77.6 Å². The number of hydrogen-bond acceptors (Lipinski definition) is 8. The average molecular weight is 924 g/mol. The van der Waals surface area contributed by atoms with Gasteiger partial charge in [0.1, 0.15) is 12.2 Å². The second kappa shape index (κ2) is 46.7. The van der Waals surface area contributed by atoms with Crippen LogP contribution >= 0.6 is 0 Å². The Morgan fingerprint density at radius 3 is 1.12 bits per heavy atom. The van der Waals surface area contributed by atoms with Gasteiger partial charge in [-0.15, -0.1) is 0 Å². The van der Waals surface area contributed by atoms with Crippen LogP contribution in [0.25, 0.3) is 0 Å². The van der Waals surface area contributed by atoms with Crippen LogP contribution < -0.4 is 0 Å². The van der Waals surface area contributed by atoms with Crippen molar-refractivity contribution >= 4 is 24.1 Å². The number of unbranched alkanes of at least 4 members (excludes halogenated alkanes) is 27. The summed E-state index contributed by atoms with van der Waals surface area (Å²) in [6.07, 6.45) is 35.6. The van der Waals surface area contributed by atoms with Crippen molar-refractivity contribution in [1.82, 2.24) is 4.90 Å². The van der Waals surface area contributed by atoms with Gasteiger partial charge in [-0.05, 0) is 64.5 Å². The molecule has 65 heavy (non-hydrogen) atoms. The predicted molar refractivity (Wildman–Crippen MR) is 269 cm³/mol. The van der Waals surface area contributed by atoms with Crippen LogP contribution in [0.15, 0.2) is 0 Å². The van der Waals surface area contributed by atoms with Crippen molar-refractivity contribution in [3.8, 4) is 0 Å². The third-order valence-corrected chi connectivity index (χ3v) is 13.4. The number of carbonyl (C=O) groups is 4. The summed E-state index contributed by atoms with van der Waals surface area (Å²) in [6, 6.07) is 0. The number of hydrogen-bond donors (Lipinski definition) is 2. The van der Waals surface area contributed by atoms with E-state index in [4.69, 9.17) is 14.2 Å². The van der Waals surface area contributed by atoms with E-state index in [2.05, 4.69) is 39.5 Å². The molecule has 0 saturated carbocycles. The molecule has 0 aromatic rings. The van der Waals surface area contributed by atoms with Gasteiger partial charge >= 0.3 is 24.1 Å². The van der Waals surface area contributed by atoms with E-state index in [1.807, 2.05) is 0 Å². The van der Waals surface area contributed by atoms with Gasteiger partial charge in [-0.2, -0.15) is 0 Å². The molecule has 10 nitrogen and oxygen atoms in total. The Morgan fingerprint density at radius 2 is 0.769 bits per heavy atom. The molecular weight excluding hydrogens is 819 g/mol. The van der Waals surface area contributed by atoms with Crippen molar-refractivity contribution in [2.45, 2.75) is 291 Å². The first-order valence-corrected chi connectivity index (χ1v) is 27.8. The highest BCUT2D eigenvalue weighted by Gasteiger charge is 2.30. The van der Waals surface area contributed by atoms with Crippen LogP contribution in [0.5, 0.6) is 0 Å². The molecule has 0 aromatic heterocycles. The molecule has 3 atom stereocenters. The third kappa shape index (κ3) is 40.4. The van der Waals surface area contributed by atoms with Gasteiger partial charge in [0.05, 0.1) is 18.4 Å². The molecule has 0 saturated heterocycles. The van der Waals surface area contributed by atoms with Crippen molar-refractivity contribution in [3.63, 3.8) is 0 Å². The first-order valence-electron chi connectivity index (χ1n) is 27.8. The normalized spacial score (nSPS) is 13.4. The summed E-state index contributed by atoms with van der Waals surface area (Å²) in [6.45, 7) is 13.9. The average Bonchev–Trinajstić information content (AvgIpc) is 3.28. The largest absolute Gasteiger partial charge is 0.508 e. The van der Waals surface area contributed by atoms with Crippen LogP contribution in [0.1, 0.15) is 279 Å². The molecule has 0 rings (SSSR count). The van der Waals surface area contributed by atoms with Crippen LogP contribution in [0.3, 0.4) is 0 Å². The third-order valence-electron chi connectivity index (χ3n) is 13.4. The lowest BCUT2D eigenvalue weighted by Crippen LogP contribution is -2.30. The van der Waals surface area contributed by atoms with Gasteiger partial charge in [0.2, 0.25) is 0 Å². The zero-order valence-corrected chi connectivity index (χ0v) is 43.2. The summed E-state index contributed by atoms with van der Waals surface area (Å²) >= 11 is 0. The number of esters is 1. The minimum atomic E-state index is -0.927. The molecule has 10 heteroatoms. The Kier molecular flexibility index (Phi) is 45.0. The van der Waals surface area contributed by atoms with Gasteiger partial charge in [-0.3, -0.25) is 14.4 Å². The highest BCUT2D eigenvalue weighted by Crippen LogP contribution is 2.27. The van der Waals surface area contributed by atoms with Crippen molar-refractivity contribution in [2.75, 3.05) is 26.2 Å². The molecule has 384 valence electrons. The molecule has 0 spiro atoms. The van der Waals surface area contributed by atoms with Crippen molar-refractivity contribution in [3.05, 3.63) is 0 Å². The number of carbonyl (C=O) groups excluding carboxylic acids is 2. The summed E-state index contributed by atoms with van der Waals surface area (Å²) in [5.41, 5.74) is 0. The number of nitrogens with zero attached hydrogens (tertiary/aromatic N) is 1. The van der Waals surface area contributed by atoms with Crippen molar-refractivity contribution in [2.24, 2.45) is 11.8 Å². The Hall–Kier alpha value is -2.36. The predicted octanol–water partition coefficient (Wildman–Crippen LogP) is 16.0. The molecule has 0 fully saturated rings. The summed E-state index contributed by atoms with van der Waals surface area (Å²) in [5.74, 6) is -3.81. The molecule has 0 radical (unpaired) electrons. The lowest BCUT2D eigenvalue weighted by atomic mass is 9.88. The smallest absolute Gasteiger partial charge is 0.481 e. The summed E-state index contributed by atoms with van der Waals surface area (Å²) in [5, 5.41) is 20.6. The van der Waals surface area contributed by atoms with E-state index in [9.17, 15) is 29.4 Å². The van der Waals surface area contributed by atoms with Gasteiger partial charge in [0.25, 0.3) is 0 Å². The highest BCUT2D eigenvalue weighted by molar-refractivity contribution is 5.72. The molecule has 0 aliphatic rings. The summed E-state index contributed by atoms with van der Waals surface area (Å²) < 4.78 is 17.3. The molecule has 0 aromatic carbocycles. The van der Waals surface area contributed by atoms with Crippen LogP contribution in [0, 0.1) is 11.8 Å². The Bertz CT molecular complexity index is 1050. The summed E-state index contributed by atoms with van der Waals surface area (Å²) in [4.78, 5) is 53.9. The van der Waals surface area contributed by atoms with Gasteiger partial charge < -0.3 is 29.3 Å². The number of carboxylic acids is 2. The fourth-order valence-electron chi connectivity index (χ4n) is 9.07. The highest BCUT2D eigenvalue weighted by atomic mass is 16.7. The Balaban J connectivity index is 5.60. The number of rotatable bonds is 50. The number of aliphatic carboxylic acids is 2. The van der Waals surface area contributed by atoms with Crippen LogP contribution in [0.4, 0.5) is 4.79 Å². The molecule has 2 N–H and O–H groups in total. The lowest BCUT2D eigenvalue weighted by molar-refractivity contribution is -0.157. The van der Waals surface area contributed by atoms with Gasteiger partial charge in [-0.1, -0.05) is 221 Å². The van der Waals surface area contributed by atoms with E-state index in [-0.39, 0.29) is 32.3 Å².